The number of anilines is 1. The molecule has 0 aliphatic heterocycles. The maximum Gasteiger partial charge on any atom is 0.0445 e. The largest absolute Gasteiger partial charge is 0.371 e. The number of nitrogens with one attached hydrogen (secondary N) is 1. The fourth-order valence-corrected chi connectivity index (χ4v) is 3.25. The summed E-state index contributed by atoms with van der Waals surface area (Å²) in [7, 11) is 2.27. The van der Waals surface area contributed by atoms with Gasteiger partial charge in [-0.15, -0.1) is 0 Å². The van der Waals surface area contributed by atoms with Crippen LogP contribution in [-0.2, 0) is 6.54 Å². The molecule has 2 aliphatic rings. The molecule has 0 unspecified atom stereocenters. The van der Waals surface area contributed by atoms with Crippen LogP contribution in [0.25, 0.3) is 0 Å². The third-order valence-electron chi connectivity index (χ3n) is 4.76. The molecular weight excluding hydrogens is 246 g/mol. The minimum absolute atomic E-state index is 0.713. The van der Waals surface area contributed by atoms with Gasteiger partial charge in [-0.2, -0.15) is 0 Å². The predicted octanol–water partition coefficient (Wildman–Crippen LogP) is 3.41. The number of rotatable bonds is 5. The molecule has 0 atom stereocenters. The molecule has 3 heteroatoms. The van der Waals surface area contributed by atoms with Gasteiger partial charge in [0.05, 0.1) is 0 Å². The van der Waals surface area contributed by atoms with Crippen LogP contribution < -0.4 is 10.2 Å². The summed E-state index contributed by atoms with van der Waals surface area (Å²) in [6, 6.07) is 3.73. The van der Waals surface area contributed by atoms with E-state index in [1.807, 2.05) is 0 Å². The number of hydrogen-bond donors (Lipinski definition) is 1. The minimum Gasteiger partial charge on any atom is -0.371 e. The van der Waals surface area contributed by atoms with Crippen LogP contribution in [0.5, 0.6) is 0 Å². The van der Waals surface area contributed by atoms with Crippen molar-refractivity contribution >= 4 is 5.69 Å². The maximum absolute atomic E-state index is 4.50. The molecule has 1 aromatic rings. The van der Waals surface area contributed by atoms with Gasteiger partial charge in [0, 0.05) is 48.8 Å². The Balaban J connectivity index is 1.75. The molecule has 0 spiro atoms. The quantitative estimate of drug-likeness (QED) is 0.891. The molecule has 3 nitrogen and oxygen atoms in total. The Morgan fingerprint density at radius 1 is 1.20 bits per heavy atom. The summed E-state index contributed by atoms with van der Waals surface area (Å²) in [6.45, 7) is 3.06. The van der Waals surface area contributed by atoms with Gasteiger partial charge in [0.1, 0.15) is 0 Å². The van der Waals surface area contributed by atoms with E-state index in [1.165, 1.54) is 56.2 Å². The zero-order valence-corrected chi connectivity index (χ0v) is 12.9. The van der Waals surface area contributed by atoms with Crippen molar-refractivity contribution in [1.82, 2.24) is 10.3 Å². The second kappa shape index (κ2) is 6.13. The number of nitrogens with zero attached hydrogens (tertiary/aromatic N) is 2. The molecule has 0 bridgehead atoms. The molecular formula is C17H27N3. The molecule has 0 amide bonds. The van der Waals surface area contributed by atoms with E-state index in [1.54, 1.807) is 0 Å². The van der Waals surface area contributed by atoms with Crippen LogP contribution in [0.3, 0.4) is 0 Å². The van der Waals surface area contributed by atoms with Gasteiger partial charge >= 0.3 is 0 Å². The van der Waals surface area contributed by atoms with E-state index in [0.717, 1.165) is 18.3 Å². The summed E-state index contributed by atoms with van der Waals surface area (Å²) < 4.78 is 0. The van der Waals surface area contributed by atoms with Crippen LogP contribution in [0.15, 0.2) is 12.3 Å². The molecule has 2 saturated carbocycles. The molecule has 2 aliphatic carbocycles. The van der Waals surface area contributed by atoms with Crippen LogP contribution in [0.1, 0.15) is 56.2 Å². The van der Waals surface area contributed by atoms with Crippen LogP contribution in [0.2, 0.25) is 0 Å². The first-order valence-corrected chi connectivity index (χ1v) is 8.16. The van der Waals surface area contributed by atoms with Crippen molar-refractivity contribution in [3.05, 3.63) is 23.5 Å². The number of aromatic nitrogens is 1. The lowest BCUT2D eigenvalue weighted by Crippen LogP contribution is -2.34. The second-order valence-corrected chi connectivity index (χ2v) is 6.51. The first kappa shape index (κ1) is 13.9. The molecule has 1 N–H and O–H groups in total. The van der Waals surface area contributed by atoms with Gasteiger partial charge in [-0.25, -0.2) is 0 Å². The molecule has 1 aromatic heterocycles. The molecule has 110 valence electrons. The molecule has 0 aromatic carbocycles. The fraction of sp³-hybridized carbons (Fsp3) is 0.706. The zero-order valence-electron chi connectivity index (χ0n) is 12.9. The summed E-state index contributed by atoms with van der Waals surface area (Å²) >= 11 is 0. The fourth-order valence-electron chi connectivity index (χ4n) is 3.25. The Labute approximate surface area is 122 Å². The highest BCUT2D eigenvalue weighted by atomic mass is 15.1. The summed E-state index contributed by atoms with van der Waals surface area (Å²) in [5.74, 6) is 0. The Bertz CT molecular complexity index is 448. The zero-order chi connectivity index (χ0) is 13.9. The number of aryl methyl sites for hydroxylation is 1. The van der Waals surface area contributed by atoms with Gasteiger partial charge < -0.3 is 10.2 Å². The van der Waals surface area contributed by atoms with E-state index in [0.29, 0.717) is 6.04 Å². The molecule has 0 radical (unpaired) electrons. The van der Waals surface area contributed by atoms with Gasteiger partial charge in [-0.3, -0.25) is 4.98 Å². The van der Waals surface area contributed by atoms with E-state index < -0.39 is 0 Å². The minimum atomic E-state index is 0.713. The van der Waals surface area contributed by atoms with Crippen LogP contribution in [-0.4, -0.2) is 24.1 Å². The van der Waals surface area contributed by atoms with Crippen molar-refractivity contribution < 1.29 is 0 Å². The predicted molar refractivity (Wildman–Crippen MR) is 84.1 cm³/mol. The molecule has 3 rings (SSSR count). The third kappa shape index (κ3) is 3.32. The Kier molecular flexibility index (Phi) is 4.25. The lowest BCUT2D eigenvalue weighted by atomic mass is 9.94. The monoisotopic (exact) mass is 273 g/mol. The Hall–Kier alpha value is -1.09. The van der Waals surface area contributed by atoms with Gasteiger partial charge in [0.2, 0.25) is 0 Å². The number of hydrogen-bond acceptors (Lipinski definition) is 3. The van der Waals surface area contributed by atoms with Gasteiger partial charge in [-0.05, 0) is 38.7 Å². The van der Waals surface area contributed by atoms with Gasteiger partial charge in [0.15, 0.2) is 0 Å². The highest BCUT2D eigenvalue weighted by molar-refractivity contribution is 5.54. The lowest BCUT2D eigenvalue weighted by molar-refractivity contribution is 0.427. The van der Waals surface area contributed by atoms with Crippen molar-refractivity contribution in [3.8, 4) is 0 Å². The molecule has 1 heterocycles. The normalized spacial score (nSPS) is 20.1. The summed E-state index contributed by atoms with van der Waals surface area (Å²) in [4.78, 5) is 7.01. The number of pyridine rings is 1. The Morgan fingerprint density at radius 2 is 1.95 bits per heavy atom. The van der Waals surface area contributed by atoms with E-state index in [2.05, 4.69) is 41.4 Å². The van der Waals surface area contributed by atoms with Gasteiger partial charge in [-0.1, -0.05) is 19.3 Å². The Morgan fingerprint density at radius 3 is 2.65 bits per heavy atom. The second-order valence-electron chi connectivity index (χ2n) is 6.51. The highest BCUT2D eigenvalue weighted by Gasteiger charge is 2.23. The molecule has 2 fully saturated rings. The van der Waals surface area contributed by atoms with Crippen molar-refractivity contribution in [3.63, 3.8) is 0 Å². The first-order chi connectivity index (χ1) is 9.74. The average Bonchev–Trinajstić information content (AvgIpc) is 3.30. The van der Waals surface area contributed by atoms with Crippen molar-refractivity contribution in [2.45, 2.75) is 70.5 Å². The van der Waals surface area contributed by atoms with Crippen LogP contribution in [0, 0.1) is 6.92 Å². The van der Waals surface area contributed by atoms with E-state index in [9.17, 15) is 0 Å². The maximum atomic E-state index is 4.50. The van der Waals surface area contributed by atoms with Crippen molar-refractivity contribution in [2.24, 2.45) is 0 Å². The van der Waals surface area contributed by atoms with Crippen LogP contribution in [0.4, 0.5) is 5.69 Å². The van der Waals surface area contributed by atoms with Crippen molar-refractivity contribution in [2.75, 3.05) is 11.9 Å². The smallest absolute Gasteiger partial charge is 0.0445 e. The average molecular weight is 273 g/mol. The highest BCUT2D eigenvalue weighted by Crippen LogP contribution is 2.29. The van der Waals surface area contributed by atoms with E-state index in [-0.39, 0.29) is 0 Å². The van der Waals surface area contributed by atoms with Gasteiger partial charge in [0.25, 0.3) is 0 Å². The van der Waals surface area contributed by atoms with E-state index in [4.69, 9.17) is 0 Å². The summed E-state index contributed by atoms with van der Waals surface area (Å²) in [5.41, 5.74) is 3.87. The summed E-state index contributed by atoms with van der Waals surface area (Å²) in [5, 5.41) is 3.62. The molecule has 0 saturated heterocycles. The van der Waals surface area contributed by atoms with Crippen molar-refractivity contribution in [1.29, 1.82) is 0 Å². The SMILES string of the molecule is Cc1cc(N(C)C2CCCCC2)c(CNC2CC2)cn1. The third-order valence-corrected chi connectivity index (χ3v) is 4.76. The summed E-state index contributed by atoms with van der Waals surface area (Å²) in [6.07, 6.45) is 11.6. The topological polar surface area (TPSA) is 28.2 Å². The lowest BCUT2D eigenvalue weighted by Gasteiger charge is -2.34. The van der Waals surface area contributed by atoms with E-state index >= 15 is 0 Å². The standard InChI is InChI=1S/C17H27N3/c1-13-10-17(20(2)16-6-4-3-5-7-16)14(11-18-13)12-19-15-8-9-15/h10-11,15-16,19H,3-9,12H2,1-2H3. The van der Waals surface area contributed by atoms with Crippen LogP contribution >= 0.6 is 0 Å². The first-order valence-electron chi connectivity index (χ1n) is 8.16. The molecule has 20 heavy (non-hydrogen) atoms.